The number of phenolic OH excluding ortho intramolecular Hbond substituents is 2. The summed E-state index contributed by atoms with van der Waals surface area (Å²) >= 11 is 13.0. The highest BCUT2D eigenvalue weighted by Gasteiger charge is 2.08. The molecule has 0 bridgehead atoms. The molecule has 0 unspecified atom stereocenters. The summed E-state index contributed by atoms with van der Waals surface area (Å²) in [6.45, 7) is 0. The van der Waals surface area contributed by atoms with Gasteiger partial charge >= 0.3 is 0 Å². The summed E-state index contributed by atoms with van der Waals surface area (Å²) < 4.78 is 2.06. The zero-order valence-corrected chi connectivity index (χ0v) is 22.5. The molecule has 2 N–H and O–H groups in total. The predicted molar refractivity (Wildman–Crippen MR) is 140 cm³/mol. The fourth-order valence-electron chi connectivity index (χ4n) is 2.70. The summed E-state index contributed by atoms with van der Waals surface area (Å²) in [6, 6.07) is 13.2. The largest absolute Gasteiger partial charge is 0.506 e. The lowest BCUT2D eigenvalue weighted by Gasteiger charge is -2.03. The van der Waals surface area contributed by atoms with Crippen LogP contribution in [0.4, 0.5) is 0 Å². The smallest absolute Gasteiger partial charge is 0.185 e. The second-order valence-corrected chi connectivity index (χ2v) is 10.1. The van der Waals surface area contributed by atoms with Crippen LogP contribution in [0.5, 0.6) is 11.5 Å². The number of aromatic hydroxyl groups is 2. The van der Waals surface area contributed by atoms with Crippen LogP contribution in [-0.4, -0.2) is 21.8 Å². The maximum absolute atomic E-state index is 12.5. The topological polar surface area (TPSA) is 74.6 Å². The van der Waals surface area contributed by atoms with Crippen molar-refractivity contribution in [2.75, 3.05) is 0 Å². The van der Waals surface area contributed by atoms with Crippen LogP contribution in [0.1, 0.15) is 31.8 Å². The van der Waals surface area contributed by atoms with Crippen molar-refractivity contribution < 1.29 is 19.8 Å². The Morgan fingerprint density at radius 2 is 0.875 bits per heavy atom. The highest BCUT2D eigenvalue weighted by molar-refractivity contribution is 9.11. The van der Waals surface area contributed by atoms with E-state index in [9.17, 15) is 19.8 Å². The molecule has 0 aliphatic carbocycles. The van der Waals surface area contributed by atoms with E-state index in [-0.39, 0.29) is 23.1 Å². The SMILES string of the molecule is O=C(/C=C/c1cc(Br)c(O)c(Br)c1)c1ccc(C(=O)/C=C/c2cc(Br)c(O)c(Br)c2)cc1. The first-order valence-corrected chi connectivity index (χ1v) is 12.2. The normalized spacial score (nSPS) is 11.4. The number of halogens is 4. The van der Waals surface area contributed by atoms with Crippen molar-refractivity contribution in [3.63, 3.8) is 0 Å². The van der Waals surface area contributed by atoms with Gasteiger partial charge in [-0.3, -0.25) is 9.59 Å². The van der Waals surface area contributed by atoms with Crippen molar-refractivity contribution in [1.29, 1.82) is 0 Å². The molecule has 0 heterocycles. The molecule has 3 rings (SSSR count). The summed E-state index contributed by atoms with van der Waals surface area (Å²) in [4.78, 5) is 24.9. The zero-order chi connectivity index (χ0) is 23.4. The monoisotopic (exact) mass is 682 g/mol. The standard InChI is InChI=1S/C24H14Br4O4/c25-17-9-13(10-18(26)23(17)31)1-7-21(29)15-3-5-16(6-4-15)22(30)8-2-14-11-19(27)24(32)20(28)12-14/h1-12,31-32H/b7-1+,8-2+. The Balaban J connectivity index is 1.70. The number of phenols is 2. The van der Waals surface area contributed by atoms with Crippen molar-refractivity contribution in [1.82, 2.24) is 0 Å². The average molecular weight is 686 g/mol. The molecule has 0 aliphatic rings. The van der Waals surface area contributed by atoms with Gasteiger partial charge < -0.3 is 10.2 Å². The highest BCUT2D eigenvalue weighted by atomic mass is 79.9. The van der Waals surface area contributed by atoms with Crippen LogP contribution in [0, 0.1) is 0 Å². The number of carbonyl (C=O) groups is 2. The van der Waals surface area contributed by atoms with Crippen LogP contribution in [0.25, 0.3) is 12.2 Å². The maximum atomic E-state index is 12.5. The second kappa shape index (κ2) is 10.7. The minimum atomic E-state index is -0.210. The molecule has 0 spiro atoms. The van der Waals surface area contributed by atoms with Gasteiger partial charge in [0, 0.05) is 11.1 Å². The summed E-state index contributed by atoms with van der Waals surface area (Å²) in [5, 5.41) is 19.5. The summed E-state index contributed by atoms with van der Waals surface area (Å²) in [5.74, 6) is -0.237. The zero-order valence-electron chi connectivity index (χ0n) is 16.2. The molecule has 0 aromatic heterocycles. The van der Waals surface area contributed by atoms with E-state index in [1.807, 2.05) is 0 Å². The lowest BCUT2D eigenvalue weighted by Crippen LogP contribution is -1.98. The summed E-state index contributed by atoms with van der Waals surface area (Å²) in [5.41, 5.74) is 2.37. The Bertz CT molecular complexity index is 1120. The first kappa shape index (κ1) is 24.6. The van der Waals surface area contributed by atoms with Crippen LogP contribution in [0.15, 0.2) is 78.6 Å². The van der Waals surface area contributed by atoms with Gasteiger partial charge in [0.1, 0.15) is 11.5 Å². The second-order valence-electron chi connectivity index (χ2n) is 6.64. The van der Waals surface area contributed by atoms with Crippen LogP contribution in [-0.2, 0) is 0 Å². The van der Waals surface area contributed by atoms with E-state index in [2.05, 4.69) is 63.7 Å². The van der Waals surface area contributed by atoms with E-state index in [4.69, 9.17) is 0 Å². The van der Waals surface area contributed by atoms with Gasteiger partial charge in [-0.1, -0.05) is 36.4 Å². The van der Waals surface area contributed by atoms with Crippen molar-refractivity contribution in [3.05, 3.63) is 101 Å². The van der Waals surface area contributed by atoms with Gasteiger partial charge in [-0.15, -0.1) is 0 Å². The molecular formula is C24H14Br4O4. The van der Waals surface area contributed by atoms with E-state index in [1.54, 1.807) is 60.7 Å². The molecule has 0 atom stereocenters. The van der Waals surface area contributed by atoms with Crippen molar-refractivity contribution in [2.45, 2.75) is 0 Å². The van der Waals surface area contributed by atoms with Gasteiger partial charge in [0.25, 0.3) is 0 Å². The van der Waals surface area contributed by atoms with E-state index in [0.717, 1.165) is 11.1 Å². The fraction of sp³-hybridized carbons (Fsp3) is 0. The molecule has 0 aliphatic heterocycles. The van der Waals surface area contributed by atoms with Gasteiger partial charge in [0.05, 0.1) is 17.9 Å². The molecule has 3 aromatic carbocycles. The van der Waals surface area contributed by atoms with Crippen LogP contribution in [0.3, 0.4) is 0 Å². The summed E-state index contributed by atoms with van der Waals surface area (Å²) in [7, 11) is 0. The van der Waals surface area contributed by atoms with Crippen LogP contribution < -0.4 is 0 Å². The van der Waals surface area contributed by atoms with Gasteiger partial charge in [0.2, 0.25) is 0 Å². The Hall–Kier alpha value is -2.00. The minimum absolute atomic E-state index is 0.0912. The highest BCUT2D eigenvalue weighted by Crippen LogP contribution is 2.34. The summed E-state index contributed by atoms with van der Waals surface area (Å²) in [6.07, 6.45) is 6.16. The number of carbonyl (C=O) groups excluding carboxylic acids is 2. The van der Waals surface area contributed by atoms with E-state index in [0.29, 0.717) is 29.0 Å². The van der Waals surface area contributed by atoms with Crippen molar-refractivity contribution in [3.8, 4) is 11.5 Å². The van der Waals surface area contributed by atoms with Gasteiger partial charge in [-0.2, -0.15) is 0 Å². The molecule has 8 heteroatoms. The third-order valence-electron chi connectivity index (χ3n) is 4.39. The number of ketones is 2. The van der Waals surface area contributed by atoms with E-state index < -0.39 is 0 Å². The molecule has 0 fully saturated rings. The third-order valence-corrected chi connectivity index (χ3v) is 6.80. The first-order chi connectivity index (χ1) is 15.2. The molecule has 0 amide bonds. The number of hydrogen-bond acceptors (Lipinski definition) is 4. The van der Waals surface area contributed by atoms with Crippen molar-refractivity contribution in [2.24, 2.45) is 0 Å². The molecular weight excluding hydrogens is 672 g/mol. The predicted octanol–water partition coefficient (Wildman–Crippen LogP) is 7.94. The van der Waals surface area contributed by atoms with E-state index in [1.165, 1.54) is 12.2 Å². The van der Waals surface area contributed by atoms with Crippen LogP contribution in [0.2, 0.25) is 0 Å². The molecule has 0 saturated carbocycles. The van der Waals surface area contributed by atoms with Gasteiger partial charge in [-0.25, -0.2) is 0 Å². The Morgan fingerprint density at radius 1 is 0.594 bits per heavy atom. The minimum Gasteiger partial charge on any atom is -0.506 e. The third kappa shape index (κ3) is 6.07. The van der Waals surface area contributed by atoms with Crippen molar-refractivity contribution >= 4 is 87.4 Å². The lowest BCUT2D eigenvalue weighted by molar-refractivity contribution is 0.103. The Morgan fingerprint density at radius 3 is 1.16 bits per heavy atom. The maximum Gasteiger partial charge on any atom is 0.185 e. The molecule has 32 heavy (non-hydrogen) atoms. The molecule has 162 valence electrons. The Labute approximate surface area is 218 Å². The molecule has 4 nitrogen and oxygen atoms in total. The first-order valence-electron chi connectivity index (χ1n) is 9.06. The average Bonchev–Trinajstić information content (AvgIpc) is 2.77. The molecule has 0 radical (unpaired) electrons. The van der Waals surface area contributed by atoms with Crippen LogP contribution >= 0.6 is 63.7 Å². The number of allylic oxidation sites excluding steroid dienone is 2. The van der Waals surface area contributed by atoms with Gasteiger partial charge in [-0.05, 0) is 111 Å². The number of benzene rings is 3. The number of rotatable bonds is 6. The molecule has 0 saturated heterocycles. The quantitative estimate of drug-likeness (QED) is 0.204. The fourth-order valence-corrected chi connectivity index (χ4v) is 5.14. The molecule has 3 aromatic rings. The van der Waals surface area contributed by atoms with Gasteiger partial charge in [0.15, 0.2) is 11.6 Å². The Kier molecular flexibility index (Phi) is 8.27. The number of hydrogen-bond donors (Lipinski definition) is 2. The van der Waals surface area contributed by atoms with E-state index >= 15 is 0 Å². The lowest BCUT2D eigenvalue weighted by atomic mass is 10.0.